The molecule has 1 N–H and O–H groups in total. The highest BCUT2D eigenvalue weighted by molar-refractivity contribution is 5.33. The third-order valence-electron chi connectivity index (χ3n) is 3.96. The van der Waals surface area contributed by atoms with E-state index < -0.39 is 0 Å². The molecule has 1 heterocycles. The van der Waals surface area contributed by atoms with Crippen molar-refractivity contribution in [3.8, 4) is 0 Å². The summed E-state index contributed by atoms with van der Waals surface area (Å²) in [7, 11) is 0. The molecule has 19 heavy (non-hydrogen) atoms. The first-order chi connectivity index (χ1) is 9.20. The highest BCUT2D eigenvalue weighted by Crippen LogP contribution is 2.27. The van der Waals surface area contributed by atoms with Gasteiger partial charge in [0, 0.05) is 12.6 Å². The van der Waals surface area contributed by atoms with Crippen LogP contribution in [0.5, 0.6) is 0 Å². The van der Waals surface area contributed by atoms with E-state index in [0.29, 0.717) is 12.1 Å². The fourth-order valence-electron chi connectivity index (χ4n) is 2.95. The van der Waals surface area contributed by atoms with E-state index in [0.717, 1.165) is 19.6 Å². The van der Waals surface area contributed by atoms with Crippen LogP contribution in [0.25, 0.3) is 0 Å². The molecule has 0 saturated carbocycles. The summed E-state index contributed by atoms with van der Waals surface area (Å²) in [4.78, 5) is 0. The number of rotatable bonds is 6. The monoisotopic (exact) mass is 261 g/mol. The van der Waals surface area contributed by atoms with E-state index in [-0.39, 0.29) is 0 Å². The molecule has 2 atom stereocenters. The Kier molecular flexibility index (Phi) is 5.41. The molecule has 106 valence electrons. The molecule has 1 fully saturated rings. The fraction of sp³-hybridized carbons (Fsp3) is 0.647. The molecule has 0 bridgehead atoms. The van der Waals surface area contributed by atoms with E-state index >= 15 is 0 Å². The van der Waals surface area contributed by atoms with Crippen LogP contribution in [0.1, 0.15) is 55.3 Å². The summed E-state index contributed by atoms with van der Waals surface area (Å²) in [6, 6.07) is 7.22. The second-order valence-electron chi connectivity index (χ2n) is 5.74. The van der Waals surface area contributed by atoms with Crippen LogP contribution in [0, 0.1) is 13.8 Å². The summed E-state index contributed by atoms with van der Waals surface area (Å²) < 4.78 is 5.81. The zero-order valence-corrected chi connectivity index (χ0v) is 12.5. The van der Waals surface area contributed by atoms with Crippen LogP contribution in [-0.4, -0.2) is 19.3 Å². The molecule has 1 aromatic rings. The van der Waals surface area contributed by atoms with E-state index in [1.807, 2.05) is 0 Å². The SMILES string of the molecule is CCCNC(CC1CCCO1)c1ccc(C)cc1C. The van der Waals surface area contributed by atoms with Gasteiger partial charge in [0.25, 0.3) is 0 Å². The standard InChI is InChI=1S/C17H27NO/c1-4-9-18-17(12-15-6-5-10-19-15)16-8-7-13(2)11-14(16)3/h7-8,11,15,17-18H,4-6,9-10,12H2,1-3H3. The molecule has 0 spiro atoms. The second kappa shape index (κ2) is 7.06. The van der Waals surface area contributed by atoms with Gasteiger partial charge >= 0.3 is 0 Å². The Hall–Kier alpha value is -0.860. The summed E-state index contributed by atoms with van der Waals surface area (Å²) in [5.74, 6) is 0. The predicted molar refractivity (Wildman–Crippen MR) is 80.5 cm³/mol. The summed E-state index contributed by atoms with van der Waals surface area (Å²) in [5, 5.41) is 3.69. The van der Waals surface area contributed by atoms with Crippen molar-refractivity contribution < 1.29 is 4.74 Å². The molecule has 0 radical (unpaired) electrons. The largest absolute Gasteiger partial charge is 0.378 e. The molecule has 1 aromatic carbocycles. The Labute approximate surface area is 117 Å². The third kappa shape index (κ3) is 4.05. The molecule has 2 unspecified atom stereocenters. The summed E-state index contributed by atoms with van der Waals surface area (Å²) in [6.45, 7) is 8.62. The van der Waals surface area contributed by atoms with Crippen LogP contribution in [0.3, 0.4) is 0 Å². The Morgan fingerprint density at radius 3 is 2.84 bits per heavy atom. The lowest BCUT2D eigenvalue weighted by Gasteiger charge is -2.24. The Morgan fingerprint density at radius 1 is 1.37 bits per heavy atom. The van der Waals surface area contributed by atoms with E-state index in [9.17, 15) is 0 Å². The van der Waals surface area contributed by atoms with Crippen LogP contribution in [-0.2, 0) is 4.74 Å². The molecule has 2 heteroatoms. The van der Waals surface area contributed by atoms with Gasteiger partial charge in [-0.1, -0.05) is 30.7 Å². The number of aryl methyl sites for hydroxylation is 2. The van der Waals surface area contributed by atoms with E-state index in [1.165, 1.54) is 36.0 Å². The van der Waals surface area contributed by atoms with Crippen LogP contribution in [0.2, 0.25) is 0 Å². The topological polar surface area (TPSA) is 21.3 Å². The Bertz CT molecular complexity index is 396. The van der Waals surface area contributed by atoms with Crippen LogP contribution in [0.4, 0.5) is 0 Å². The average Bonchev–Trinajstić information content (AvgIpc) is 2.88. The fourth-order valence-corrected chi connectivity index (χ4v) is 2.95. The molecule has 2 rings (SSSR count). The van der Waals surface area contributed by atoms with Gasteiger partial charge in [-0.3, -0.25) is 0 Å². The first-order valence-corrected chi connectivity index (χ1v) is 7.63. The number of nitrogens with one attached hydrogen (secondary N) is 1. The van der Waals surface area contributed by atoms with Gasteiger partial charge in [-0.15, -0.1) is 0 Å². The molecule has 0 amide bonds. The minimum absolute atomic E-state index is 0.434. The molecule has 0 aliphatic carbocycles. The van der Waals surface area contributed by atoms with Crippen molar-refractivity contribution in [1.29, 1.82) is 0 Å². The zero-order chi connectivity index (χ0) is 13.7. The van der Waals surface area contributed by atoms with Crippen molar-refractivity contribution in [2.24, 2.45) is 0 Å². The lowest BCUT2D eigenvalue weighted by atomic mass is 9.94. The molecule has 1 aliphatic heterocycles. The lowest BCUT2D eigenvalue weighted by molar-refractivity contribution is 0.0945. The van der Waals surface area contributed by atoms with Crippen molar-refractivity contribution in [2.45, 2.75) is 58.6 Å². The molecule has 0 aromatic heterocycles. The average molecular weight is 261 g/mol. The maximum Gasteiger partial charge on any atom is 0.0594 e. The van der Waals surface area contributed by atoms with Crippen LogP contribution in [0.15, 0.2) is 18.2 Å². The quantitative estimate of drug-likeness (QED) is 0.838. The maximum absolute atomic E-state index is 5.81. The third-order valence-corrected chi connectivity index (χ3v) is 3.96. The summed E-state index contributed by atoms with van der Waals surface area (Å²) in [5.41, 5.74) is 4.17. The predicted octanol–water partition coefficient (Wildman–Crippen LogP) is 3.91. The van der Waals surface area contributed by atoms with Gasteiger partial charge in [-0.05, 0) is 57.2 Å². The number of benzene rings is 1. The van der Waals surface area contributed by atoms with Crippen molar-refractivity contribution in [3.63, 3.8) is 0 Å². The zero-order valence-electron chi connectivity index (χ0n) is 12.5. The molecular formula is C17H27NO. The lowest BCUT2D eigenvalue weighted by Crippen LogP contribution is -2.26. The van der Waals surface area contributed by atoms with E-state index in [4.69, 9.17) is 4.74 Å². The molecule has 1 aliphatic rings. The van der Waals surface area contributed by atoms with Crippen LogP contribution < -0.4 is 5.32 Å². The van der Waals surface area contributed by atoms with Crippen molar-refractivity contribution >= 4 is 0 Å². The number of hydrogen-bond donors (Lipinski definition) is 1. The van der Waals surface area contributed by atoms with Crippen molar-refractivity contribution in [1.82, 2.24) is 5.32 Å². The van der Waals surface area contributed by atoms with Gasteiger partial charge in [0.05, 0.1) is 6.10 Å². The number of ether oxygens (including phenoxy) is 1. The highest BCUT2D eigenvalue weighted by atomic mass is 16.5. The Balaban J connectivity index is 2.10. The van der Waals surface area contributed by atoms with Gasteiger partial charge in [0.1, 0.15) is 0 Å². The smallest absolute Gasteiger partial charge is 0.0594 e. The minimum Gasteiger partial charge on any atom is -0.378 e. The van der Waals surface area contributed by atoms with Gasteiger partial charge < -0.3 is 10.1 Å². The molecule has 2 nitrogen and oxygen atoms in total. The maximum atomic E-state index is 5.81. The van der Waals surface area contributed by atoms with Crippen molar-refractivity contribution in [3.05, 3.63) is 34.9 Å². The van der Waals surface area contributed by atoms with E-state index in [2.05, 4.69) is 44.3 Å². The van der Waals surface area contributed by atoms with Crippen LogP contribution >= 0.6 is 0 Å². The Morgan fingerprint density at radius 2 is 2.21 bits per heavy atom. The first-order valence-electron chi connectivity index (χ1n) is 7.63. The van der Waals surface area contributed by atoms with Gasteiger partial charge in [-0.25, -0.2) is 0 Å². The van der Waals surface area contributed by atoms with Gasteiger partial charge in [0.15, 0.2) is 0 Å². The van der Waals surface area contributed by atoms with Crippen molar-refractivity contribution in [2.75, 3.05) is 13.2 Å². The summed E-state index contributed by atoms with van der Waals surface area (Å²) in [6.07, 6.45) is 5.15. The highest BCUT2D eigenvalue weighted by Gasteiger charge is 2.22. The van der Waals surface area contributed by atoms with E-state index in [1.54, 1.807) is 0 Å². The molecular weight excluding hydrogens is 234 g/mol. The number of hydrogen-bond acceptors (Lipinski definition) is 2. The first kappa shape index (κ1) is 14.5. The van der Waals surface area contributed by atoms with Gasteiger partial charge in [0.2, 0.25) is 0 Å². The second-order valence-corrected chi connectivity index (χ2v) is 5.74. The molecule has 1 saturated heterocycles. The normalized spacial score (nSPS) is 20.7. The van der Waals surface area contributed by atoms with Gasteiger partial charge in [-0.2, -0.15) is 0 Å². The summed E-state index contributed by atoms with van der Waals surface area (Å²) >= 11 is 0. The minimum atomic E-state index is 0.434.